The van der Waals surface area contributed by atoms with Gasteiger partial charge in [-0.25, -0.2) is 18.2 Å². The Kier molecular flexibility index (Phi) is 11.5. The van der Waals surface area contributed by atoms with Crippen molar-refractivity contribution in [3.05, 3.63) is 58.9 Å². The van der Waals surface area contributed by atoms with Gasteiger partial charge < -0.3 is 23.9 Å². The number of carboxylic acids is 1. The Morgan fingerprint density at radius 3 is 2.13 bits per heavy atom. The Morgan fingerprint density at radius 2 is 1.64 bits per heavy atom. The second-order valence-electron chi connectivity index (χ2n) is 9.93. The summed E-state index contributed by atoms with van der Waals surface area (Å²) in [6.45, 7) is 6.35. The molecule has 246 valence electrons. The van der Waals surface area contributed by atoms with E-state index in [1.165, 1.54) is 14.2 Å². The van der Waals surface area contributed by atoms with E-state index in [4.69, 9.17) is 23.8 Å². The third kappa shape index (κ3) is 9.11. The molecule has 1 fully saturated rings. The van der Waals surface area contributed by atoms with E-state index in [0.29, 0.717) is 48.9 Å². The summed E-state index contributed by atoms with van der Waals surface area (Å²) in [5, 5.41) is 14.9. The Labute approximate surface area is 257 Å². The molecule has 1 amide bonds. The van der Waals surface area contributed by atoms with Crippen LogP contribution in [0.2, 0.25) is 0 Å². The van der Waals surface area contributed by atoms with Crippen LogP contribution in [0.1, 0.15) is 33.3 Å². The van der Waals surface area contributed by atoms with Crippen LogP contribution in [0.3, 0.4) is 0 Å². The summed E-state index contributed by atoms with van der Waals surface area (Å²) < 4.78 is 75.3. The fourth-order valence-electron chi connectivity index (χ4n) is 4.40. The van der Waals surface area contributed by atoms with Crippen LogP contribution in [-0.2, 0) is 27.9 Å². The molecule has 1 aliphatic heterocycles. The SMILES string of the molecule is COc1cc(C)c(S(=O)(=O)N(C)Cc2nnc(C(=O)N3CCN(Cc4ccc(OC)nc4)CC3)o2)c(C)c1.O=C(O)C(F)(F)F. The third-order valence-corrected chi connectivity index (χ3v) is 8.77. The molecular formula is C27H33F3N6O8S. The van der Waals surface area contributed by atoms with Crippen molar-refractivity contribution in [3.63, 3.8) is 0 Å². The highest BCUT2D eigenvalue weighted by molar-refractivity contribution is 7.89. The molecule has 45 heavy (non-hydrogen) atoms. The predicted octanol–water partition coefficient (Wildman–Crippen LogP) is 2.51. The number of alkyl halides is 3. The topological polar surface area (TPSA) is 168 Å². The number of hydrogen-bond acceptors (Lipinski definition) is 11. The molecule has 14 nitrogen and oxygen atoms in total. The first-order valence-electron chi connectivity index (χ1n) is 13.3. The zero-order chi connectivity index (χ0) is 33.5. The molecule has 3 aromatic rings. The van der Waals surface area contributed by atoms with E-state index >= 15 is 0 Å². The number of pyridine rings is 1. The van der Waals surface area contributed by atoms with Gasteiger partial charge in [0.15, 0.2) is 0 Å². The lowest BCUT2D eigenvalue weighted by molar-refractivity contribution is -0.192. The molecule has 0 saturated carbocycles. The zero-order valence-corrected chi connectivity index (χ0v) is 26.0. The van der Waals surface area contributed by atoms with Gasteiger partial charge in [0.25, 0.3) is 0 Å². The number of methoxy groups -OCH3 is 2. The molecule has 0 radical (unpaired) electrons. The quantitative estimate of drug-likeness (QED) is 0.357. The molecule has 18 heteroatoms. The average molecular weight is 659 g/mol. The minimum absolute atomic E-state index is 0.0360. The lowest BCUT2D eigenvalue weighted by atomic mass is 10.1. The predicted molar refractivity (Wildman–Crippen MR) is 151 cm³/mol. The average Bonchev–Trinajstić information content (AvgIpc) is 3.45. The van der Waals surface area contributed by atoms with Gasteiger partial charge in [-0.1, -0.05) is 6.07 Å². The van der Waals surface area contributed by atoms with Crippen molar-refractivity contribution in [1.82, 2.24) is 29.3 Å². The molecule has 3 heterocycles. The summed E-state index contributed by atoms with van der Waals surface area (Å²) in [5.41, 5.74) is 2.20. The number of carbonyl (C=O) groups excluding carboxylic acids is 1. The minimum Gasteiger partial charge on any atom is -0.497 e. The van der Waals surface area contributed by atoms with Crippen LogP contribution in [0.5, 0.6) is 11.6 Å². The second-order valence-corrected chi connectivity index (χ2v) is 11.9. The Hall–Kier alpha value is -4.29. The van der Waals surface area contributed by atoms with Gasteiger partial charge in [0.1, 0.15) is 5.75 Å². The molecule has 1 N–H and O–H groups in total. The molecule has 0 atom stereocenters. The van der Waals surface area contributed by atoms with Crippen molar-refractivity contribution in [2.24, 2.45) is 0 Å². The molecule has 2 aromatic heterocycles. The van der Waals surface area contributed by atoms with Gasteiger partial charge in [-0.05, 0) is 42.7 Å². The number of halogens is 3. The number of aliphatic carboxylic acids is 1. The van der Waals surface area contributed by atoms with Crippen molar-refractivity contribution in [1.29, 1.82) is 0 Å². The molecule has 1 aliphatic rings. The summed E-state index contributed by atoms with van der Waals surface area (Å²) in [6, 6.07) is 7.14. The van der Waals surface area contributed by atoms with Crippen LogP contribution in [-0.4, -0.2) is 108 Å². The van der Waals surface area contributed by atoms with Crippen molar-refractivity contribution < 1.29 is 50.2 Å². The summed E-state index contributed by atoms with van der Waals surface area (Å²) in [5.74, 6) is -2.10. The van der Waals surface area contributed by atoms with Crippen molar-refractivity contribution >= 4 is 21.9 Å². The van der Waals surface area contributed by atoms with Gasteiger partial charge >= 0.3 is 23.9 Å². The minimum atomic E-state index is -5.08. The number of ether oxygens (including phenoxy) is 2. The largest absolute Gasteiger partial charge is 0.497 e. The molecular weight excluding hydrogens is 625 g/mol. The first kappa shape index (κ1) is 35.2. The summed E-state index contributed by atoms with van der Waals surface area (Å²) in [7, 11) is 0.688. The highest BCUT2D eigenvalue weighted by Gasteiger charge is 2.38. The first-order valence-corrected chi connectivity index (χ1v) is 14.8. The number of piperazine rings is 1. The number of benzene rings is 1. The molecule has 0 bridgehead atoms. The van der Waals surface area contributed by atoms with Crippen LogP contribution in [0.4, 0.5) is 13.2 Å². The number of aryl methyl sites for hydroxylation is 2. The first-order chi connectivity index (χ1) is 21.1. The number of nitrogens with zero attached hydrogens (tertiary/aromatic N) is 6. The monoisotopic (exact) mass is 658 g/mol. The van der Waals surface area contributed by atoms with E-state index in [0.717, 1.165) is 16.4 Å². The Bertz CT molecular complexity index is 1570. The maximum atomic E-state index is 13.3. The zero-order valence-electron chi connectivity index (χ0n) is 25.2. The van der Waals surface area contributed by atoms with Gasteiger partial charge in [0, 0.05) is 52.0 Å². The second kappa shape index (κ2) is 14.7. The van der Waals surface area contributed by atoms with Crippen molar-refractivity contribution in [2.75, 3.05) is 47.4 Å². The maximum absolute atomic E-state index is 13.3. The van der Waals surface area contributed by atoms with E-state index in [9.17, 15) is 26.4 Å². The third-order valence-electron chi connectivity index (χ3n) is 6.66. The van der Waals surface area contributed by atoms with Crippen LogP contribution >= 0.6 is 0 Å². The Balaban J connectivity index is 0.000000707. The lowest BCUT2D eigenvalue weighted by Crippen LogP contribution is -2.48. The van der Waals surface area contributed by atoms with E-state index < -0.39 is 22.2 Å². The van der Waals surface area contributed by atoms with Crippen LogP contribution in [0.25, 0.3) is 0 Å². The van der Waals surface area contributed by atoms with E-state index in [1.807, 2.05) is 12.1 Å². The van der Waals surface area contributed by atoms with E-state index in [-0.39, 0.29) is 29.1 Å². The number of sulfonamides is 1. The number of aromatic nitrogens is 3. The Morgan fingerprint density at radius 1 is 1.04 bits per heavy atom. The highest BCUT2D eigenvalue weighted by atomic mass is 32.2. The lowest BCUT2D eigenvalue weighted by Gasteiger charge is -2.33. The van der Waals surface area contributed by atoms with Crippen LogP contribution in [0.15, 0.2) is 39.8 Å². The standard InChI is InChI=1S/C25H32N6O6S.C2HF3O2/c1-17-12-20(35-4)13-18(2)23(17)38(33,34)29(3)16-22-27-28-24(37-22)25(32)31-10-8-30(9-11-31)15-19-6-7-21(36-5)26-14-19;3-2(4,5)1(6)7/h6-7,12-14H,8-11,15-16H2,1-5H3;(H,6,7). The van der Waals surface area contributed by atoms with E-state index in [1.54, 1.807) is 44.2 Å². The van der Waals surface area contributed by atoms with Gasteiger partial charge in [-0.3, -0.25) is 9.69 Å². The molecule has 0 unspecified atom stereocenters. The molecule has 1 saturated heterocycles. The molecule has 0 spiro atoms. The number of carbonyl (C=O) groups is 2. The molecule has 4 rings (SSSR count). The van der Waals surface area contributed by atoms with Crippen LogP contribution in [0, 0.1) is 13.8 Å². The van der Waals surface area contributed by atoms with Gasteiger partial charge in [0.2, 0.25) is 21.8 Å². The van der Waals surface area contributed by atoms with Crippen LogP contribution < -0.4 is 9.47 Å². The maximum Gasteiger partial charge on any atom is 0.490 e. The van der Waals surface area contributed by atoms with Crippen molar-refractivity contribution in [3.8, 4) is 11.6 Å². The summed E-state index contributed by atoms with van der Waals surface area (Å²) >= 11 is 0. The van der Waals surface area contributed by atoms with Gasteiger partial charge in [-0.15, -0.1) is 10.2 Å². The smallest absolute Gasteiger partial charge is 0.490 e. The van der Waals surface area contributed by atoms with Gasteiger partial charge in [0.05, 0.1) is 25.7 Å². The van der Waals surface area contributed by atoms with Gasteiger partial charge in [-0.2, -0.15) is 17.5 Å². The number of amides is 1. The summed E-state index contributed by atoms with van der Waals surface area (Å²) in [4.78, 5) is 30.2. The number of carboxylic acid groups (broad SMARTS) is 1. The van der Waals surface area contributed by atoms with E-state index in [2.05, 4.69) is 20.1 Å². The van der Waals surface area contributed by atoms with Crippen molar-refractivity contribution in [2.45, 2.75) is 38.0 Å². The highest BCUT2D eigenvalue weighted by Crippen LogP contribution is 2.28. The number of rotatable bonds is 9. The fourth-order valence-corrected chi connectivity index (χ4v) is 5.92. The normalized spacial score (nSPS) is 14.1. The summed E-state index contributed by atoms with van der Waals surface area (Å²) in [6.07, 6.45) is -3.30. The fraction of sp³-hybridized carbons (Fsp3) is 0.444. The molecule has 1 aromatic carbocycles. The number of hydrogen-bond donors (Lipinski definition) is 1. The molecule has 0 aliphatic carbocycles.